The standard InChI is InChI=1S/C22H16O4S2/c23-21(24)9-13-5-1-3-7-15(13)17-11-19-20(27-17)12-18(28-19)16-8-4-2-6-14(16)10-22(25)26/h1-8,11-12H,9-10H2,(H,23,24)(H,25,26). The number of rotatable bonds is 6. The van der Waals surface area contributed by atoms with Gasteiger partial charge in [-0.05, 0) is 34.4 Å². The first-order valence-corrected chi connectivity index (χ1v) is 10.3. The molecule has 0 bridgehead atoms. The normalized spacial score (nSPS) is 11.0. The largest absolute Gasteiger partial charge is 0.481 e. The molecule has 2 N–H and O–H groups in total. The quantitative estimate of drug-likeness (QED) is 0.439. The predicted molar refractivity (Wildman–Crippen MR) is 113 cm³/mol. The van der Waals surface area contributed by atoms with Crippen molar-refractivity contribution in [1.29, 1.82) is 0 Å². The van der Waals surface area contributed by atoms with E-state index < -0.39 is 11.9 Å². The molecule has 28 heavy (non-hydrogen) atoms. The van der Waals surface area contributed by atoms with E-state index in [2.05, 4.69) is 12.1 Å². The number of aliphatic carboxylic acids is 2. The van der Waals surface area contributed by atoms with Gasteiger partial charge >= 0.3 is 11.9 Å². The molecular weight excluding hydrogens is 392 g/mol. The second kappa shape index (κ2) is 7.58. The highest BCUT2D eigenvalue weighted by Gasteiger charge is 2.15. The van der Waals surface area contributed by atoms with Crippen LogP contribution in [0.25, 0.3) is 30.3 Å². The molecular formula is C22H16O4S2. The van der Waals surface area contributed by atoms with E-state index in [0.29, 0.717) is 0 Å². The minimum Gasteiger partial charge on any atom is -0.481 e. The second-order valence-corrected chi connectivity index (χ2v) is 8.57. The summed E-state index contributed by atoms with van der Waals surface area (Å²) in [5, 5.41) is 18.3. The van der Waals surface area contributed by atoms with Crippen molar-refractivity contribution in [3.05, 3.63) is 71.8 Å². The minimum absolute atomic E-state index is 0.00443. The monoisotopic (exact) mass is 408 g/mol. The van der Waals surface area contributed by atoms with Gasteiger partial charge in [0.05, 0.1) is 12.8 Å². The molecule has 0 saturated carbocycles. The fraction of sp³-hybridized carbons (Fsp3) is 0.0909. The zero-order valence-electron chi connectivity index (χ0n) is 14.7. The van der Waals surface area contributed by atoms with Crippen molar-refractivity contribution in [3.8, 4) is 20.9 Å². The van der Waals surface area contributed by atoms with E-state index in [-0.39, 0.29) is 12.8 Å². The third-order valence-electron chi connectivity index (χ3n) is 4.46. The molecule has 0 aliphatic rings. The van der Waals surface area contributed by atoms with Crippen LogP contribution in [0.15, 0.2) is 60.7 Å². The molecule has 0 amide bonds. The summed E-state index contributed by atoms with van der Waals surface area (Å²) in [6, 6.07) is 19.3. The SMILES string of the molecule is O=C(O)Cc1ccccc1-c1cc2sc(-c3ccccc3CC(=O)O)cc2s1. The van der Waals surface area contributed by atoms with E-state index in [4.69, 9.17) is 10.2 Å². The van der Waals surface area contributed by atoms with Crippen molar-refractivity contribution in [2.24, 2.45) is 0 Å². The molecule has 6 heteroatoms. The molecule has 0 unspecified atom stereocenters. The fourth-order valence-electron chi connectivity index (χ4n) is 3.26. The third kappa shape index (κ3) is 3.69. The van der Waals surface area contributed by atoms with Crippen molar-refractivity contribution in [2.75, 3.05) is 0 Å². The van der Waals surface area contributed by atoms with Crippen LogP contribution in [-0.4, -0.2) is 22.2 Å². The first kappa shape index (κ1) is 18.4. The summed E-state index contributed by atoms with van der Waals surface area (Å²) in [6.45, 7) is 0. The molecule has 4 nitrogen and oxygen atoms in total. The lowest BCUT2D eigenvalue weighted by molar-refractivity contribution is -0.137. The Balaban J connectivity index is 1.73. The summed E-state index contributed by atoms with van der Waals surface area (Å²) >= 11 is 3.26. The Kier molecular flexibility index (Phi) is 4.98. The van der Waals surface area contributed by atoms with Gasteiger partial charge in [-0.15, -0.1) is 22.7 Å². The number of fused-ring (bicyclic) bond motifs is 1. The molecule has 4 aromatic rings. The molecule has 0 saturated heterocycles. The molecule has 0 atom stereocenters. The summed E-state index contributed by atoms with van der Waals surface area (Å²) in [7, 11) is 0. The number of thiophene rings is 2. The van der Waals surface area contributed by atoms with Crippen LogP contribution >= 0.6 is 22.7 Å². The predicted octanol–water partition coefficient (Wildman–Crippen LogP) is 5.55. The van der Waals surface area contributed by atoms with Gasteiger partial charge in [-0.2, -0.15) is 0 Å². The Labute approximate surface area is 169 Å². The Hall–Kier alpha value is -2.96. The number of carboxylic acid groups (broad SMARTS) is 2. The minimum atomic E-state index is -0.844. The summed E-state index contributed by atoms with van der Waals surface area (Å²) in [5.41, 5.74) is 3.50. The zero-order valence-corrected chi connectivity index (χ0v) is 16.3. The van der Waals surface area contributed by atoms with Crippen LogP contribution in [-0.2, 0) is 22.4 Å². The maximum atomic E-state index is 11.1. The van der Waals surface area contributed by atoms with Crippen molar-refractivity contribution in [2.45, 2.75) is 12.8 Å². The molecule has 4 rings (SSSR count). The van der Waals surface area contributed by atoms with E-state index in [1.54, 1.807) is 22.7 Å². The summed E-state index contributed by atoms with van der Waals surface area (Å²) < 4.78 is 2.23. The Morgan fingerprint density at radius 3 is 1.46 bits per heavy atom. The molecule has 2 aromatic carbocycles. The van der Waals surface area contributed by atoms with Gasteiger partial charge in [-0.25, -0.2) is 0 Å². The third-order valence-corrected chi connectivity index (χ3v) is 6.82. The van der Waals surface area contributed by atoms with E-state index in [1.165, 1.54) is 0 Å². The molecule has 140 valence electrons. The Bertz CT molecular complexity index is 1070. The van der Waals surface area contributed by atoms with Crippen LogP contribution in [0.5, 0.6) is 0 Å². The van der Waals surface area contributed by atoms with Gasteiger partial charge in [-0.1, -0.05) is 48.5 Å². The number of hydrogen-bond donors (Lipinski definition) is 2. The molecule has 0 spiro atoms. The van der Waals surface area contributed by atoms with E-state index >= 15 is 0 Å². The second-order valence-electron chi connectivity index (χ2n) is 6.41. The molecule has 2 aromatic heterocycles. The fourth-order valence-corrected chi connectivity index (χ4v) is 5.77. The average molecular weight is 409 g/mol. The highest BCUT2D eigenvalue weighted by atomic mass is 32.1. The van der Waals surface area contributed by atoms with Crippen LogP contribution in [0.1, 0.15) is 11.1 Å². The summed E-state index contributed by atoms with van der Waals surface area (Å²) in [6.07, 6.45) is -0.00886. The van der Waals surface area contributed by atoms with Crippen molar-refractivity contribution in [1.82, 2.24) is 0 Å². The molecule has 0 aliphatic heterocycles. The van der Waals surface area contributed by atoms with Crippen LogP contribution in [0, 0.1) is 0 Å². The van der Waals surface area contributed by atoms with Gasteiger partial charge in [0.1, 0.15) is 0 Å². The average Bonchev–Trinajstić information content (AvgIpc) is 3.20. The molecule has 0 fully saturated rings. The summed E-state index contributed by atoms with van der Waals surface area (Å²) in [4.78, 5) is 24.4. The smallest absolute Gasteiger partial charge is 0.307 e. The van der Waals surface area contributed by atoms with Gasteiger partial charge in [0.2, 0.25) is 0 Å². The molecule has 0 radical (unpaired) electrons. The van der Waals surface area contributed by atoms with Gasteiger partial charge in [-0.3, -0.25) is 9.59 Å². The van der Waals surface area contributed by atoms with Gasteiger partial charge in [0.15, 0.2) is 0 Å². The summed E-state index contributed by atoms with van der Waals surface area (Å²) in [5.74, 6) is -1.69. The van der Waals surface area contributed by atoms with Gasteiger partial charge in [0.25, 0.3) is 0 Å². The van der Waals surface area contributed by atoms with Crippen molar-refractivity contribution in [3.63, 3.8) is 0 Å². The first-order valence-electron chi connectivity index (χ1n) is 8.65. The lowest BCUT2D eigenvalue weighted by Crippen LogP contribution is -2.01. The topological polar surface area (TPSA) is 74.6 Å². The first-order chi connectivity index (χ1) is 13.5. The molecule has 0 aliphatic carbocycles. The Morgan fingerprint density at radius 2 is 1.07 bits per heavy atom. The number of hydrogen-bond acceptors (Lipinski definition) is 4. The number of carbonyl (C=O) groups is 2. The maximum Gasteiger partial charge on any atom is 0.307 e. The maximum absolute atomic E-state index is 11.1. The number of carboxylic acids is 2. The molecule has 2 heterocycles. The van der Waals surface area contributed by atoms with Gasteiger partial charge in [0, 0.05) is 19.2 Å². The van der Waals surface area contributed by atoms with Crippen LogP contribution in [0.3, 0.4) is 0 Å². The van der Waals surface area contributed by atoms with Crippen molar-refractivity contribution < 1.29 is 19.8 Å². The number of benzene rings is 2. The zero-order chi connectivity index (χ0) is 19.7. The lowest BCUT2D eigenvalue weighted by atomic mass is 10.0. The van der Waals surface area contributed by atoms with E-state index in [0.717, 1.165) is 41.4 Å². The van der Waals surface area contributed by atoms with Crippen molar-refractivity contribution >= 4 is 44.0 Å². The van der Waals surface area contributed by atoms with Crippen LogP contribution < -0.4 is 0 Å². The van der Waals surface area contributed by atoms with Crippen LogP contribution in [0.4, 0.5) is 0 Å². The Morgan fingerprint density at radius 1 is 0.679 bits per heavy atom. The lowest BCUT2D eigenvalue weighted by Gasteiger charge is -2.06. The van der Waals surface area contributed by atoms with Gasteiger partial charge < -0.3 is 10.2 Å². The highest BCUT2D eigenvalue weighted by molar-refractivity contribution is 7.31. The highest BCUT2D eigenvalue weighted by Crippen LogP contribution is 2.43. The van der Waals surface area contributed by atoms with E-state index in [9.17, 15) is 9.59 Å². The van der Waals surface area contributed by atoms with Crippen LogP contribution in [0.2, 0.25) is 0 Å². The van der Waals surface area contributed by atoms with E-state index in [1.807, 2.05) is 48.5 Å².